The zero-order valence-corrected chi connectivity index (χ0v) is 19.2. The minimum Gasteiger partial charge on any atom is -1.00 e. The van der Waals surface area contributed by atoms with Gasteiger partial charge in [0.15, 0.2) is 0 Å². The molecule has 0 N–H and O–H groups in total. The Morgan fingerprint density at radius 2 is 0.643 bits per heavy atom. The van der Waals surface area contributed by atoms with E-state index in [0.717, 1.165) is 0 Å². The second kappa shape index (κ2) is 9.39. The van der Waals surface area contributed by atoms with Gasteiger partial charge in [0.25, 0.3) is 0 Å². The molecule has 4 nitrogen and oxygen atoms in total. The van der Waals surface area contributed by atoms with E-state index in [1.54, 1.807) is 0 Å². The Balaban J connectivity index is -0.0000000450. The van der Waals surface area contributed by atoms with E-state index < -0.39 is 0 Å². The Kier molecular flexibility index (Phi) is 13.9. The van der Waals surface area contributed by atoms with Gasteiger partial charge in [-0.05, 0) is 0 Å². The standard InChI is InChI=1S/C6H12N4.K.3Na.4H/c1-7-2-9-4-8(1)5-10(3-7)6-9;;;;;;;;/h1-6H2;;;;;;;;/q;4*+1;4*-1. The van der Waals surface area contributed by atoms with Crippen LogP contribution in [0, 0.1) is 0 Å². The summed E-state index contributed by atoms with van der Waals surface area (Å²) in [5.41, 5.74) is 0. The first-order valence-corrected chi connectivity index (χ1v) is 3.79. The third kappa shape index (κ3) is 4.87. The van der Waals surface area contributed by atoms with E-state index in [2.05, 4.69) is 19.6 Å². The molecule has 14 heavy (non-hydrogen) atoms. The van der Waals surface area contributed by atoms with E-state index in [0.29, 0.717) is 0 Å². The van der Waals surface area contributed by atoms with Crippen LogP contribution >= 0.6 is 0 Å². The van der Waals surface area contributed by atoms with E-state index in [1.807, 2.05) is 0 Å². The monoisotopic (exact) mass is 252 g/mol. The Labute approximate surface area is 201 Å². The van der Waals surface area contributed by atoms with Crippen molar-refractivity contribution < 1.29 is 146 Å². The molecule has 0 aromatic rings. The first-order valence-electron chi connectivity index (χ1n) is 3.79. The number of hydrogen-bond acceptors (Lipinski definition) is 4. The van der Waals surface area contributed by atoms with Crippen LogP contribution in [0.3, 0.4) is 0 Å². The molecule has 4 aliphatic rings. The van der Waals surface area contributed by atoms with Gasteiger partial charge in [-0.3, -0.25) is 19.6 Å². The van der Waals surface area contributed by atoms with Gasteiger partial charge in [0.05, 0.1) is 40.0 Å². The summed E-state index contributed by atoms with van der Waals surface area (Å²) >= 11 is 0. The molecule has 0 aliphatic carbocycles. The first kappa shape index (κ1) is 20.8. The summed E-state index contributed by atoms with van der Waals surface area (Å²) in [6.07, 6.45) is 0. The molecule has 4 rings (SSSR count). The van der Waals surface area contributed by atoms with E-state index in [1.165, 1.54) is 40.0 Å². The number of hydrogen-bond donors (Lipinski definition) is 0. The van der Waals surface area contributed by atoms with Crippen molar-refractivity contribution in [2.75, 3.05) is 40.0 Å². The van der Waals surface area contributed by atoms with Crippen molar-refractivity contribution in [2.24, 2.45) is 0 Å². The van der Waals surface area contributed by atoms with Gasteiger partial charge >= 0.3 is 140 Å². The van der Waals surface area contributed by atoms with Crippen LogP contribution in [-0.4, -0.2) is 59.6 Å². The average molecular weight is 252 g/mol. The smallest absolute Gasteiger partial charge is 1.00 e. The molecule has 0 aromatic heterocycles. The van der Waals surface area contributed by atoms with Gasteiger partial charge in [0, 0.05) is 0 Å². The molecule has 0 amide bonds. The zero-order chi connectivity index (χ0) is 6.55. The van der Waals surface area contributed by atoms with Crippen LogP contribution < -0.4 is 140 Å². The molecule has 4 aliphatic heterocycles. The van der Waals surface area contributed by atoms with Crippen LogP contribution in [-0.2, 0) is 0 Å². The molecular formula is C6H16KN4Na3. The fraction of sp³-hybridized carbons (Fsp3) is 1.00. The number of nitrogens with zero attached hydrogens (tertiary/aromatic N) is 4. The Morgan fingerprint density at radius 3 is 0.786 bits per heavy atom. The average Bonchev–Trinajstić information content (AvgIpc) is 1.82. The third-order valence-corrected chi connectivity index (χ3v) is 2.40. The molecule has 0 spiro atoms. The maximum atomic E-state index is 2.47. The third-order valence-electron chi connectivity index (χ3n) is 2.40. The fourth-order valence-electron chi connectivity index (χ4n) is 2.23. The molecule has 0 atom stereocenters. The summed E-state index contributed by atoms with van der Waals surface area (Å²) in [4.78, 5) is 9.88. The Hall–Kier alpha value is 4.48. The molecule has 0 aromatic carbocycles. The Morgan fingerprint density at radius 1 is 0.500 bits per heavy atom. The molecular weight excluding hydrogens is 236 g/mol. The second-order valence-electron chi connectivity index (χ2n) is 3.53. The van der Waals surface area contributed by atoms with Gasteiger partial charge < -0.3 is 5.71 Å². The molecule has 0 saturated carbocycles. The van der Waals surface area contributed by atoms with Crippen LogP contribution in [0.2, 0.25) is 0 Å². The molecule has 0 unspecified atom stereocenters. The van der Waals surface area contributed by atoms with Gasteiger partial charge in [-0.15, -0.1) is 0 Å². The van der Waals surface area contributed by atoms with E-state index in [-0.39, 0.29) is 146 Å². The maximum absolute atomic E-state index is 2.47. The SMILES string of the molecule is C1N2CN3CN1CN(C2)C3.[H-].[H-].[H-].[H-].[K+].[Na+].[Na+].[Na+]. The summed E-state index contributed by atoms with van der Waals surface area (Å²) in [5.74, 6) is 0. The van der Waals surface area contributed by atoms with E-state index in [4.69, 9.17) is 0 Å². The molecule has 8 heteroatoms. The van der Waals surface area contributed by atoms with Crippen molar-refractivity contribution in [3.05, 3.63) is 0 Å². The molecule has 4 bridgehead atoms. The molecule has 4 fully saturated rings. The summed E-state index contributed by atoms with van der Waals surface area (Å²) in [6, 6.07) is 0. The van der Waals surface area contributed by atoms with Gasteiger partial charge in [-0.25, -0.2) is 0 Å². The predicted octanol–water partition coefficient (Wildman–Crippen LogP) is -12.6. The molecule has 4 heterocycles. The van der Waals surface area contributed by atoms with Crippen molar-refractivity contribution in [2.45, 2.75) is 0 Å². The predicted molar refractivity (Wildman–Crippen MR) is 41.0 cm³/mol. The van der Waals surface area contributed by atoms with Gasteiger partial charge in [-0.1, -0.05) is 0 Å². The maximum Gasteiger partial charge on any atom is 1.00 e. The summed E-state index contributed by atoms with van der Waals surface area (Å²) in [7, 11) is 0. The minimum atomic E-state index is 0. The van der Waals surface area contributed by atoms with Crippen molar-refractivity contribution in [1.29, 1.82) is 0 Å². The van der Waals surface area contributed by atoms with Crippen LogP contribution in [0.5, 0.6) is 0 Å². The van der Waals surface area contributed by atoms with Gasteiger partial charge in [0.2, 0.25) is 0 Å². The van der Waals surface area contributed by atoms with Crippen LogP contribution in [0.25, 0.3) is 0 Å². The topological polar surface area (TPSA) is 13.0 Å². The van der Waals surface area contributed by atoms with Crippen molar-refractivity contribution in [3.8, 4) is 0 Å². The quantitative estimate of drug-likeness (QED) is 0.397. The van der Waals surface area contributed by atoms with Crippen molar-refractivity contribution in [3.63, 3.8) is 0 Å². The zero-order valence-electron chi connectivity index (χ0n) is 14.0. The number of rotatable bonds is 0. The largest absolute Gasteiger partial charge is 1.00 e. The summed E-state index contributed by atoms with van der Waals surface area (Å²) in [5, 5.41) is 0. The van der Waals surface area contributed by atoms with Gasteiger partial charge in [-0.2, -0.15) is 0 Å². The second-order valence-corrected chi connectivity index (χ2v) is 3.53. The first-order chi connectivity index (χ1) is 4.90. The Bertz CT molecular complexity index is 130. The van der Waals surface area contributed by atoms with Crippen LogP contribution in [0.15, 0.2) is 0 Å². The molecule has 0 radical (unpaired) electrons. The van der Waals surface area contributed by atoms with Crippen molar-refractivity contribution >= 4 is 0 Å². The summed E-state index contributed by atoms with van der Waals surface area (Å²) in [6.45, 7) is 7.12. The fourth-order valence-corrected chi connectivity index (χ4v) is 2.23. The van der Waals surface area contributed by atoms with Crippen LogP contribution in [0.1, 0.15) is 5.71 Å². The van der Waals surface area contributed by atoms with E-state index in [9.17, 15) is 0 Å². The summed E-state index contributed by atoms with van der Waals surface area (Å²) < 4.78 is 0. The van der Waals surface area contributed by atoms with Crippen LogP contribution in [0.4, 0.5) is 0 Å². The normalized spacial score (nSPS) is 41.1. The minimum absolute atomic E-state index is 0. The molecule has 4 saturated heterocycles. The molecule has 64 valence electrons. The van der Waals surface area contributed by atoms with Gasteiger partial charge in [0.1, 0.15) is 0 Å². The van der Waals surface area contributed by atoms with Crippen molar-refractivity contribution in [1.82, 2.24) is 19.6 Å². The van der Waals surface area contributed by atoms with E-state index >= 15 is 0 Å².